The fourth-order valence-electron chi connectivity index (χ4n) is 1.53. The topological polar surface area (TPSA) is 101 Å². The first-order valence-corrected chi connectivity index (χ1v) is 7.42. The van der Waals surface area contributed by atoms with Crippen LogP contribution in [0.5, 0.6) is 0 Å². The first kappa shape index (κ1) is 15.4. The molecule has 0 bridgehead atoms. The Morgan fingerprint density at radius 3 is 2.53 bits per heavy atom. The van der Waals surface area contributed by atoms with Crippen LogP contribution in [0.1, 0.15) is 20.3 Å². The Morgan fingerprint density at radius 1 is 1.32 bits per heavy atom. The highest BCUT2D eigenvalue weighted by molar-refractivity contribution is 7.89. The molecule has 0 amide bonds. The van der Waals surface area contributed by atoms with Gasteiger partial charge in [0, 0.05) is 25.2 Å². The molecule has 106 valence electrons. The highest BCUT2D eigenvalue weighted by Gasteiger charge is 2.20. The number of nitro benzene ring substituents is 1. The van der Waals surface area contributed by atoms with Gasteiger partial charge in [-0.3, -0.25) is 10.1 Å². The van der Waals surface area contributed by atoms with E-state index < -0.39 is 14.9 Å². The zero-order valence-electron chi connectivity index (χ0n) is 10.8. The van der Waals surface area contributed by atoms with Crippen molar-refractivity contribution in [3.8, 4) is 0 Å². The number of nitro groups is 1. The molecule has 0 radical (unpaired) electrons. The van der Waals surface area contributed by atoms with Crippen LogP contribution in [0.25, 0.3) is 0 Å². The molecule has 1 aromatic rings. The molecule has 0 heterocycles. The average molecular weight is 287 g/mol. The number of anilines is 1. The Morgan fingerprint density at radius 2 is 2.00 bits per heavy atom. The Hall–Kier alpha value is -1.67. The van der Waals surface area contributed by atoms with Crippen LogP contribution in [-0.4, -0.2) is 26.4 Å². The summed E-state index contributed by atoms with van der Waals surface area (Å²) in [7, 11) is -3.65. The van der Waals surface area contributed by atoms with Crippen molar-refractivity contribution in [1.29, 1.82) is 0 Å². The maximum atomic E-state index is 12.0. The number of nitrogens with one attached hydrogen (secondary N) is 2. The minimum atomic E-state index is -3.65. The van der Waals surface area contributed by atoms with Crippen molar-refractivity contribution < 1.29 is 13.3 Å². The summed E-state index contributed by atoms with van der Waals surface area (Å²) < 4.78 is 26.3. The van der Waals surface area contributed by atoms with E-state index in [0.717, 1.165) is 6.42 Å². The Labute approximate surface area is 112 Å². The average Bonchev–Trinajstić information content (AvgIpc) is 2.35. The number of nitrogens with zero attached hydrogens (tertiary/aromatic N) is 1. The van der Waals surface area contributed by atoms with E-state index in [9.17, 15) is 18.5 Å². The first-order chi connectivity index (χ1) is 8.92. The van der Waals surface area contributed by atoms with Crippen LogP contribution in [0.3, 0.4) is 0 Å². The first-order valence-electron chi connectivity index (χ1n) is 5.94. The smallest absolute Gasteiger partial charge is 0.271 e. The van der Waals surface area contributed by atoms with E-state index in [1.54, 1.807) is 6.92 Å². The maximum absolute atomic E-state index is 12.0. The van der Waals surface area contributed by atoms with Gasteiger partial charge in [0.2, 0.25) is 10.0 Å². The second-order valence-electron chi connectivity index (χ2n) is 3.87. The van der Waals surface area contributed by atoms with Gasteiger partial charge in [0.05, 0.1) is 10.6 Å². The maximum Gasteiger partial charge on any atom is 0.271 e. The Kier molecular flexibility index (Phi) is 5.25. The summed E-state index contributed by atoms with van der Waals surface area (Å²) >= 11 is 0. The number of rotatable bonds is 7. The molecule has 8 heteroatoms. The summed E-state index contributed by atoms with van der Waals surface area (Å²) in [5, 5.41) is 13.6. The summed E-state index contributed by atoms with van der Waals surface area (Å²) in [5.74, 6) is 0. The molecular weight excluding hydrogens is 270 g/mol. The summed E-state index contributed by atoms with van der Waals surface area (Å²) in [6.45, 7) is 4.38. The largest absolute Gasteiger partial charge is 0.384 e. The number of hydrogen-bond acceptors (Lipinski definition) is 5. The van der Waals surface area contributed by atoms with Gasteiger partial charge in [-0.05, 0) is 12.5 Å². The standard InChI is InChI=1S/C11H17N3O4S/c1-3-7-12-10-8-9(14(15)16)5-6-11(10)19(17,18)13-4-2/h5-6,8,12-13H,3-4,7H2,1-2H3. The molecule has 0 atom stereocenters. The lowest BCUT2D eigenvalue weighted by Gasteiger charge is -2.12. The lowest BCUT2D eigenvalue weighted by molar-refractivity contribution is -0.384. The highest BCUT2D eigenvalue weighted by atomic mass is 32.2. The van der Waals surface area contributed by atoms with Gasteiger partial charge < -0.3 is 5.32 Å². The summed E-state index contributed by atoms with van der Waals surface area (Å²) in [5.41, 5.74) is 0.103. The van der Waals surface area contributed by atoms with Crippen LogP contribution in [0, 0.1) is 10.1 Å². The van der Waals surface area contributed by atoms with Gasteiger partial charge in [0.15, 0.2) is 0 Å². The van der Waals surface area contributed by atoms with Crippen LogP contribution < -0.4 is 10.0 Å². The van der Waals surface area contributed by atoms with Crippen molar-refractivity contribution in [3.63, 3.8) is 0 Å². The summed E-state index contributed by atoms with van der Waals surface area (Å²) in [6.07, 6.45) is 0.781. The molecule has 0 fully saturated rings. The normalized spacial score (nSPS) is 11.3. The summed E-state index contributed by atoms with van der Waals surface area (Å²) in [6, 6.07) is 3.66. The lowest BCUT2D eigenvalue weighted by Crippen LogP contribution is -2.24. The molecule has 0 aliphatic rings. The number of non-ortho nitro benzene ring substituents is 1. The van der Waals surface area contributed by atoms with Crippen LogP contribution in [-0.2, 0) is 10.0 Å². The quantitative estimate of drug-likeness (QED) is 0.587. The highest BCUT2D eigenvalue weighted by Crippen LogP contribution is 2.26. The van der Waals surface area contributed by atoms with Crippen LogP contribution in [0.2, 0.25) is 0 Å². The molecule has 0 aliphatic heterocycles. The molecule has 19 heavy (non-hydrogen) atoms. The molecule has 0 aliphatic carbocycles. The van der Waals surface area contributed by atoms with Crippen molar-refractivity contribution in [1.82, 2.24) is 4.72 Å². The Bertz CT molecular complexity index is 557. The van der Waals surface area contributed by atoms with Crippen molar-refractivity contribution in [2.75, 3.05) is 18.4 Å². The Balaban J connectivity index is 3.26. The van der Waals surface area contributed by atoms with Gasteiger partial charge in [-0.15, -0.1) is 0 Å². The number of sulfonamides is 1. The minimum absolute atomic E-state index is 0.0217. The fourth-order valence-corrected chi connectivity index (χ4v) is 2.73. The van der Waals surface area contributed by atoms with E-state index >= 15 is 0 Å². The van der Waals surface area contributed by atoms with E-state index in [1.165, 1.54) is 18.2 Å². The van der Waals surface area contributed by atoms with E-state index in [2.05, 4.69) is 10.0 Å². The van der Waals surface area contributed by atoms with Crippen molar-refractivity contribution >= 4 is 21.4 Å². The van der Waals surface area contributed by atoms with Gasteiger partial charge >= 0.3 is 0 Å². The third-order valence-electron chi connectivity index (χ3n) is 2.36. The van der Waals surface area contributed by atoms with Crippen LogP contribution in [0.15, 0.2) is 23.1 Å². The SMILES string of the molecule is CCCNc1cc([N+](=O)[O-])ccc1S(=O)(=O)NCC. The minimum Gasteiger partial charge on any atom is -0.384 e. The lowest BCUT2D eigenvalue weighted by atomic mass is 10.2. The molecule has 0 saturated heterocycles. The van der Waals surface area contributed by atoms with E-state index in [-0.39, 0.29) is 22.8 Å². The van der Waals surface area contributed by atoms with E-state index in [4.69, 9.17) is 0 Å². The van der Waals surface area contributed by atoms with Gasteiger partial charge in [-0.25, -0.2) is 13.1 Å². The molecule has 7 nitrogen and oxygen atoms in total. The molecule has 0 aromatic heterocycles. The van der Waals surface area contributed by atoms with Gasteiger partial charge in [0.1, 0.15) is 4.90 Å². The van der Waals surface area contributed by atoms with E-state index in [1.807, 2.05) is 6.92 Å². The van der Waals surface area contributed by atoms with E-state index in [0.29, 0.717) is 6.54 Å². The number of hydrogen-bond donors (Lipinski definition) is 2. The molecule has 1 rings (SSSR count). The molecule has 0 unspecified atom stereocenters. The molecule has 1 aromatic carbocycles. The zero-order valence-corrected chi connectivity index (χ0v) is 11.7. The van der Waals surface area contributed by atoms with Crippen LogP contribution in [0.4, 0.5) is 11.4 Å². The van der Waals surface area contributed by atoms with Crippen molar-refractivity contribution in [3.05, 3.63) is 28.3 Å². The third-order valence-corrected chi connectivity index (χ3v) is 3.97. The zero-order chi connectivity index (χ0) is 14.5. The predicted octanol–water partition coefficient (Wildman–Crippen LogP) is 1.71. The van der Waals surface area contributed by atoms with Crippen molar-refractivity contribution in [2.24, 2.45) is 0 Å². The summed E-state index contributed by atoms with van der Waals surface area (Å²) in [4.78, 5) is 10.2. The van der Waals surface area contributed by atoms with Crippen molar-refractivity contribution in [2.45, 2.75) is 25.2 Å². The molecule has 0 saturated carbocycles. The van der Waals surface area contributed by atoms with Gasteiger partial charge in [-0.1, -0.05) is 13.8 Å². The second-order valence-corrected chi connectivity index (χ2v) is 5.60. The fraction of sp³-hybridized carbons (Fsp3) is 0.455. The van der Waals surface area contributed by atoms with Crippen LogP contribution >= 0.6 is 0 Å². The van der Waals surface area contributed by atoms with Gasteiger partial charge in [-0.2, -0.15) is 0 Å². The molecular formula is C11H17N3O4S. The van der Waals surface area contributed by atoms with Gasteiger partial charge in [0.25, 0.3) is 5.69 Å². The number of benzene rings is 1. The predicted molar refractivity (Wildman–Crippen MR) is 72.7 cm³/mol. The monoisotopic (exact) mass is 287 g/mol. The third kappa shape index (κ3) is 3.90. The molecule has 2 N–H and O–H groups in total. The molecule has 0 spiro atoms. The second kappa shape index (κ2) is 6.48.